The summed E-state index contributed by atoms with van der Waals surface area (Å²) in [5.41, 5.74) is 0. The van der Waals surface area contributed by atoms with E-state index in [9.17, 15) is 22.8 Å². The minimum Gasteiger partial charge on any atom is -0.353 e. The van der Waals surface area contributed by atoms with E-state index in [1.165, 1.54) is 0 Å². The Morgan fingerprint density at radius 3 is 2.17 bits per heavy atom. The van der Waals surface area contributed by atoms with Crippen LogP contribution >= 0.6 is 0 Å². The predicted molar refractivity (Wildman–Crippen MR) is 78.5 cm³/mol. The van der Waals surface area contributed by atoms with Crippen LogP contribution in [0.3, 0.4) is 0 Å². The third kappa shape index (κ3) is 3.72. The summed E-state index contributed by atoms with van der Waals surface area (Å²) >= 11 is 0. The van der Waals surface area contributed by atoms with Crippen LogP contribution in [0.1, 0.15) is 57.8 Å². The Bertz CT molecular complexity index is 461. The Morgan fingerprint density at radius 2 is 1.57 bits per heavy atom. The van der Waals surface area contributed by atoms with Crippen LogP contribution in [-0.4, -0.2) is 23.9 Å². The summed E-state index contributed by atoms with van der Waals surface area (Å²) in [6.45, 7) is 0. The maximum Gasteiger partial charge on any atom is 0.391 e. The standard InChI is InChI=1S/C17H24F3NO2/c18-17(19,20)13-5-2-6-14(9-13)21-16(23)12-7-10-3-1-4-11(8-12)15(10)22/h10-14H,1-9H2,(H,21,23). The monoisotopic (exact) mass is 331 g/mol. The first kappa shape index (κ1) is 16.8. The van der Waals surface area contributed by atoms with Crippen LogP contribution in [0.15, 0.2) is 0 Å². The number of carbonyl (C=O) groups excluding carboxylic acids is 2. The second-order valence-corrected chi connectivity index (χ2v) is 7.51. The summed E-state index contributed by atoms with van der Waals surface area (Å²) in [6.07, 6.45) is 1.04. The van der Waals surface area contributed by atoms with Crippen LogP contribution in [0.25, 0.3) is 0 Å². The molecule has 0 aliphatic heterocycles. The molecule has 4 unspecified atom stereocenters. The van der Waals surface area contributed by atoms with Gasteiger partial charge in [0.15, 0.2) is 0 Å². The molecule has 3 aliphatic carbocycles. The highest BCUT2D eigenvalue weighted by molar-refractivity contribution is 5.88. The maximum absolute atomic E-state index is 12.9. The van der Waals surface area contributed by atoms with Crippen LogP contribution in [0, 0.1) is 23.7 Å². The van der Waals surface area contributed by atoms with Gasteiger partial charge in [-0.2, -0.15) is 13.2 Å². The quantitative estimate of drug-likeness (QED) is 0.840. The van der Waals surface area contributed by atoms with Gasteiger partial charge in [0, 0.05) is 23.8 Å². The van der Waals surface area contributed by atoms with Crippen molar-refractivity contribution in [3.8, 4) is 0 Å². The van der Waals surface area contributed by atoms with Gasteiger partial charge in [0.1, 0.15) is 5.78 Å². The lowest BCUT2D eigenvalue weighted by Crippen LogP contribution is -2.47. The SMILES string of the molecule is O=C(NC1CCCC(C(F)(F)F)C1)C1CC2CCCC(C1)C2=O. The Labute approximate surface area is 134 Å². The zero-order valence-corrected chi connectivity index (χ0v) is 13.2. The molecule has 23 heavy (non-hydrogen) atoms. The number of halogens is 3. The fraction of sp³-hybridized carbons (Fsp3) is 0.882. The highest BCUT2D eigenvalue weighted by Gasteiger charge is 2.44. The average molecular weight is 331 g/mol. The van der Waals surface area contributed by atoms with E-state index in [2.05, 4.69) is 5.32 Å². The van der Waals surface area contributed by atoms with Crippen LogP contribution in [-0.2, 0) is 9.59 Å². The summed E-state index contributed by atoms with van der Waals surface area (Å²) in [4.78, 5) is 24.5. The third-order valence-corrected chi connectivity index (χ3v) is 5.90. The number of hydrogen-bond donors (Lipinski definition) is 1. The molecular weight excluding hydrogens is 307 g/mol. The molecular formula is C17H24F3NO2. The molecule has 3 fully saturated rings. The van der Waals surface area contributed by atoms with Crippen LogP contribution in [0.4, 0.5) is 13.2 Å². The molecule has 3 aliphatic rings. The first-order valence-corrected chi connectivity index (χ1v) is 8.75. The van der Waals surface area contributed by atoms with Gasteiger partial charge in [-0.1, -0.05) is 12.8 Å². The summed E-state index contributed by atoms with van der Waals surface area (Å²) in [5.74, 6) is -1.35. The number of alkyl halides is 3. The van der Waals surface area contributed by atoms with Crippen LogP contribution in [0.5, 0.6) is 0 Å². The van der Waals surface area contributed by atoms with Gasteiger partial charge in [0.2, 0.25) is 5.91 Å². The lowest BCUT2D eigenvalue weighted by molar-refractivity contribution is -0.184. The summed E-state index contributed by atoms with van der Waals surface area (Å²) < 4.78 is 38.6. The van der Waals surface area contributed by atoms with Gasteiger partial charge in [-0.3, -0.25) is 9.59 Å². The molecule has 6 heteroatoms. The Balaban J connectivity index is 1.56. The zero-order chi connectivity index (χ0) is 16.6. The van der Waals surface area contributed by atoms with Gasteiger partial charge in [-0.15, -0.1) is 0 Å². The molecule has 1 amide bonds. The molecule has 0 saturated heterocycles. The van der Waals surface area contributed by atoms with Crippen molar-refractivity contribution < 1.29 is 22.8 Å². The van der Waals surface area contributed by atoms with Crippen molar-refractivity contribution in [1.29, 1.82) is 0 Å². The van der Waals surface area contributed by atoms with Crippen molar-refractivity contribution in [3.63, 3.8) is 0 Å². The smallest absolute Gasteiger partial charge is 0.353 e. The van der Waals surface area contributed by atoms with E-state index in [0.717, 1.165) is 19.3 Å². The van der Waals surface area contributed by atoms with Crippen molar-refractivity contribution >= 4 is 11.7 Å². The van der Waals surface area contributed by atoms with Gasteiger partial charge in [-0.05, 0) is 44.9 Å². The Morgan fingerprint density at radius 1 is 0.957 bits per heavy atom. The second-order valence-electron chi connectivity index (χ2n) is 7.51. The zero-order valence-electron chi connectivity index (χ0n) is 13.2. The van der Waals surface area contributed by atoms with Crippen LogP contribution in [0.2, 0.25) is 0 Å². The average Bonchev–Trinajstić information content (AvgIpc) is 2.46. The van der Waals surface area contributed by atoms with E-state index in [1.807, 2.05) is 0 Å². The minimum absolute atomic E-state index is 0.00620. The molecule has 0 heterocycles. The molecule has 4 atom stereocenters. The van der Waals surface area contributed by atoms with Gasteiger partial charge in [-0.25, -0.2) is 0 Å². The summed E-state index contributed by atoms with van der Waals surface area (Å²) in [6, 6.07) is -0.375. The molecule has 0 spiro atoms. The Kier molecular flexibility index (Phi) is 4.70. The van der Waals surface area contributed by atoms with E-state index in [0.29, 0.717) is 31.5 Å². The lowest BCUT2D eigenvalue weighted by Gasteiger charge is -2.38. The summed E-state index contributed by atoms with van der Waals surface area (Å²) in [5, 5.41) is 2.84. The predicted octanol–water partition coefficient (Wildman–Crippen LogP) is 3.62. The van der Waals surface area contributed by atoms with Crippen LogP contribution < -0.4 is 5.32 Å². The molecule has 0 radical (unpaired) electrons. The summed E-state index contributed by atoms with van der Waals surface area (Å²) in [7, 11) is 0. The Hall–Kier alpha value is -1.07. The van der Waals surface area contributed by atoms with E-state index < -0.39 is 12.1 Å². The molecule has 130 valence electrons. The number of carbonyl (C=O) groups is 2. The largest absolute Gasteiger partial charge is 0.391 e. The second kappa shape index (κ2) is 6.44. The number of Topliss-reactive ketones (excluding diaryl/α,β-unsaturated/α-hetero) is 1. The fourth-order valence-corrected chi connectivity index (χ4v) is 4.63. The van der Waals surface area contributed by atoms with E-state index in [1.54, 1.807) is 0 Å². The van der Waals surface area contributed by atoms with Crippen molar-refractivity contribution in [2.24, 2.45) is 23.7 Å². The fourth-order valence-electron chi connectivity index (χ4n) is 4.63. The molecule has 0 aromatic carbocycles. The van der Waals surface area contributed by atoms with Gasteiger partial charge in [0.25, 0.3) is 0 Å². The van der Waals surface area contributed by atoms with Crippen molar-refractivity contribution in [2.45, 2.75) is 70.0 Å². The van der Waals surface area contributed by atoms with Crippen molar-refractivity contribution in [2.75, 3.05) is 0 Å². The molecule has 3 rings (SSSR count). The lowest BCUT2D eigenvalue weighted by atomic mass is 9.67. The van der Waals surface area contributed by atoms with Crippen molar-refractivity contribution in [1.82, 2.24) is 5.32 Å². The van der Waals surface area contributed by atoms with E-state index >= 15 is 0 Å². The first-order valence-electron chi connectivity index (χ1n) is 8.75. The first-order chi connectivity index (χ1) is 10.8. The van der Waals surface area contributed by atoms with Gasteiger partial charge < -0.3 is 5.32 Å². The topological polar surface area (TPSA) is 46.2 Å². The molecule has 2 bridgehead atoms. The van der Waals surface area contributed by atoms with Gasteiger partial charge in [0.05, 0.1) is 5.92 Å². The molecule has 0 aromatic rings. The van der Waals surface area contributed by atoms with Crippen molar-refractivity contribution in [3.05, 3.63) is 0 Å². The van der Waals surface area contributed by atoms with E-state index in [-0.39, 0.29) is 42.5 Å². The highest BCUT2D eigenvalue weighted by atomic mass is 19.4. The molecule has 3 nitrogen and oxygen atoms in total. The number of ketones is 1. The molecule has 1 N–H and O–H groups in total. The third-order valence-electron chi connectivity index (χ3n) is 5.90. The number of amides is 1. The minimum atomic E-state index is -4.17. The van der Waals surface area contributed by atoms with E-state index in [4.69, 9.17) is 0 Å². The normalized spacial score (nSPS) is 38.2. The molecule has 0 aromatic heterocycles. The number of fused-ring (bicyclic) bond motifs is 2. The maximum atomic E-state index is 12.9. The number of nitrogens with one attached hydrogen (secondary N) is 1. The number of rotatable bonds is 2. The van der Waals surface area contributed by atoms with Gasteiger partial charge >= 0.3 is 6.18 Å². The number of hydrogen-bond acceptors (Lipinski definition) is 2. The highest BCUT2D eigenvalue weighted by Crippen LogP contribution is 2.41. The molecule has 3 saturated carbocycles.